The molecule has 0 saturated carbocycles. The third-order valence-electron chi connectivity index (χ3n) is 17.2. The van der Waals surface area contributed by atoms with Crippen molar-refractivity contribution in [2.45, 2.75) is 123 Å². The number of carbonyl (C=O) groups excluding carboxylic acids is 5. The third kappa shape index (κ3) is 30.5. The Bertz CT molecular complexity index is 5000. The molecule has 5 N–H and O–H groups in total. The smallest absolute Gasteiger partial charge is 0.395 e. The van der Waals surface area contributed by atoms with Crippen molar-refractivity contribution < 1.29 is 110 Å². The van der Waals surface area contributed by atoms with E-state index in [2.05, 4.69) is 36.1 Å². The van der Waals surface area contributed by atoms with Crippen molar-refractivity contribution in [3.63, 3.8) is 0 Å². The predicted octanol–water partition coefficient (Wildman–Crippen LogP) is 16.4. The molecule has 123 heavy (non-hydrogen) atoms. The molecular formula is C78H97F15N16O9S5. The molecule has 10 heterocycles. The van der Waals surface area contributed by atoms with Crippen LogP contribution in [0.15, 0.2) is 91.0 Å². The lowest BCUT2D eigenvalue weighted by Gasteiger charge is -2.24. The Hall–Kier alpha value is -9.35. The normalized spacial score (nSPS) is 12.3. The molecule has 10 rings (SSSR count). The predicted molar refractivity (Wildman–Crippen MR) is 440 cm³/mol. The number of hydrogen-bond acceptors (Lipinski definition) is 20. The highest BCUT2D eigenvalue weighted by molar-refractivity contribution is 7.18. The Morgan fingerprint density at radius 1 is 0.398 bits per heavy atom. The minimum absolute atomic E-state index is 0.0405. The Labute approximate surface area is 719 Å². The number of aryl methyl sites for hydroxylation is 5. The fraction of sp³-hybridized carbons (Fsp3) is 0.487. The third-order valence-corrected chi connectivity index (χ3v) is 22.7. The molecule has 25 nitrogen and oxygen atoms in total. The zero-order valence-electron chi connectivity index (χ0n) is 69.3. The number of amides is 5. The lowest BCUT2D eigenvalue weighted by molar-refractivity contribution is -0.144. The Morgan fingerprint density at radius 2 is 0.675 bits per heavy atom. The first-order valence-electron chi connectivity index (χ1n) is 38.3. The number of halogens is 15. The SMILES string of the molecule is CC(O)CN(CC(C)O)C(=O)c1ccc(-c2cc(C(F)(F)F)n(C)n2)s1.CCCCN(CCO)C(=O)c1ccc(-c2cc(C(F)(F)F)n(C)n2)s1.CCCN(CCC)C(=O)c1ccc(-c2cc(C(F)(F)F)n(C)n2)s1.CCOCCCNC(=O)c1ccc(-c2cc(C(F)(F)F)n(C)n2)s1.CN(C)CCCNC(=O)c1ccc(-c2cc(C(F)(F)F)n(C)n2)s1. The second kappa shape index (κ2) is 46.0. The number of rotatable bonds is 32. The highest BCUT2D eigenvalue weighted by Gasteiger charge is 2.40. The molecule has 678 valence electrons. The lowest BCUT2D eigenvalue weighted by atomic mass is 10.2. The number of aliphatic hydroxyl groups is 3. The fourth-order valence-corrected chi connectivity index (χ4v) is 16.1. The Balaban J connectivity index is 0.000000238. The molecule has 10 aromatic rings. The zero-order chi connectivity index (χ0) is 91.8. The van der Waals surface area contributed by atoms with Crippen molar-refractivity contribution in [3.05, 3.63) is 144 Å². The monoisotopic (exact) mass is 1850 g/mol. The quantitative estimate of drug-likeness (QED) is 0.0194. The second-order valence-electron chi connectivity index (χ2n) is 27.8. The minimum Gasteiger partial charge on any atom is -0.395 e. The van der Waals surface area contributed by atoms with Crippen LogP contribution in [0.25, 0.3) is 52.9 Å². The fourth-order valence-electron chi connectivity index (χ4n) is 11.5. The highest BCUT2D eigenvalue weighted by atomic mass is 32.1. The molecular weight excluding hydrogens is 1750 g/mol. The number of nitrogens with one attached hydrogen (secondary N) is 2. The van der Waals surface area contributed by atoms with Crippen molar-refractivity contribution in [2.75, 3.05) is 92.8 Å². The summed E-state index contributed by atoms with van der Waals surface area (Å²) in [7, 11) is 10.1. The van der Waals surface area contributed by atoms with Crippen LogP contribution in [0, 0.1) is 0 Å². The van der Waals surface area contributed by atoms with E-state index in [1.165, 1.54) is 77.5 Å². The summed E-state index contributed by atoms with van der Waals surface area (Å²) in [5.74, 6) is -1.20. The summed E-state index contributed by atoms with van der Waals surface area (Å²) in [6.07, 6.45) is -18.9. The van der Waals surface area contributed by atoms with E-state index in [0.29, 0.717) is 101 Å². The van der Waals surface area contributed by atoms with Crippen LogP contribution in [0.1, 0.15) is 157 Å². The first-order valence-corrected chi connectivity index (χ1v) is 42.3. The van der Waals surface area contributed by atoms with E-state index in [9.17, 15) is 100 Å². The minimum atomic E-state index is -4.51. The number of unbranched alkanes of at least 4 members (excludes halogenated alkanes) is 1. The van der Waals surface area contributed by atoms with Crippen LogP contribution in [-0.2, 0) is 70.9 Å². The highest BCUT2D eigenvalue weighted by Crippen LogP contribution is 2.40. The van der Waals surface area contributed by atoms with Crippen LogP contribution < -0.4 is 10.6 Å². The molecule has 0 aliphatic rings. The van der Waals surface area contributed by atoms with Gasteiger partial charge in [0, 0.05) is 101 Å². The van der Waals surface area contributed by atoms with Crippen LogP contribution in [0.2, 0.25) is 0 Å². The van der Waals surface area contributed by atoms with E-state index in [4.69, 9.17) is 9.84 Å². The van der Waals surface area contributed by atoms with E-state index < -0.39 is 77.5 Å². The van der Waals surface area contributed by atoms with E-state index in [-0.39, 0.29) is 78.3 Å². The maximum atomic E-state index is 12.9. The van der Waals surface area contributed by atoms with E-state index in [1.54, 1.807) is 58.3 Å². The second-order valence-corrected chi connectivity index (χ2v) is 33.2. The number of ether oxygens (including phenoxy) is 1. The van der Waals surface area contributed by atoms with E-state index >= 15 is 0 Å². The number of alkyl halides is 15. The molecule has 10 aromatic heterocycles. The van der Waals surface area contributed by atoms with Gasteiger partial charge in [-0.15, -0.1) is 56.7 Å². The molecule has 2 unspecified atom stereocenters. The Kier molecular flexibility index (Phi) is 38.3. The van der Waals surface area contributed by atoms with Crippen LogP contribution in [-0.4, -0.2) is 218 Å². The first-order chi connectivity index (χ1) is 57.5. The number of thiophene rings is 5. The maximum Gasteiger partial charge on any atom is 0.433 e. The van der Waals surface area contributed by atoms with Crippen molar-refractivity contribution >= 4 is 86.2 Å². The number of carbonyl (C=O) groups is 5. The van der Waals surface area contributed by atoms with Crippen LogP contribution in [0.5, 0.6) is 0 Å². The molecule has 0 spiro atoms. The molecule has 0 bridgehead atoms. The van der Waals surface area contributed by atoms with Gasteiger partial charge in [0.25, 0.3) is 29.5 Å². The van der Waals surface area contributed by atoms with E-state index in [0.717, 1.165) is 138 Å². The van der Waals surface area contributed by atoms with Gasteiger partial charge in [0.1, 0.15) is 56.9 Å². The average Bonchev–Trinajstić information content (AvgIpc) is 1.63. The topological polar surface area (TPSA) is 281 Å². The van der Waals surface area contributed by atoms with Crippen LogP contribution in [0.4, 0.5) is 65.9 Å². The van der Waals surface area contributed by atoms with Crippen LogP contribution in [0.3, 0.4) is 0 Å². The zero-order valence-corrected chi connectivity index (χ0v) is 73.4. The molecule has 0 aliphatic carbocycles. The van der Waals surface area contributed by atoms with Crippen LogP contribution >= 0.6 is 56.7 Å². The van der Waals surface area contributed by atoms with Gasteiger partial charge < -0.3 is 50.3 Å². The van der Waals surface area contributed by atoms with Gasteiger partial charge in [-0.25, -0.2) is 0 Å². The summed E-state index contributed by atoms with van der Waals surface area (Å²) >= 11 is 5.52. The van der Waals surface area contributed by atoms with Crippen molar-refractivity contribution in [3.8, 4) is 52.9 Å². The molecule has 45 heteroatoms. The summed E-state index contributed by atoms with van der Waals surface area (Å²) in [6, 6.07) is 20.8. The number of nitrogens with zero attached hydrogens (tertiary/aromatic N) is 14. The number of hydrogen-bond donors (Lipinski definition) is 5. The lowest BCUT2D eigenvalue weighted by Crippen LogP contribution is -2.40. The summed E-state index contributed by atoms with van der Waals surface area (Å²) in [5, 5.41) is 53.2. The molecule has 0 radical (unpaired) electrons. The van der Waals surface area contributed by atoms with Crippen molar-refractivity contribution in [1.29, 1.82) is 0 Å². The summed E-state index contributed by atoms with van der Waals surface area (Å²) in [5.41, 5.74) is -3.22. The van der Waals surface area contributed by atoms with Gasteiger partial charge in [-0.3, -0.25) is 47.4 Å². The summed E-state index contributed by atoms with van der Waals surface area (Å²) in [6.45, 7) is 16.1. The van der Waals surface area contributed by atoms with Gasteiger partial charge in [0.15, 0.2) is 0 Å². The molecule has 0 aromatic carbocycles. The molecule has 0 aliphatic heterocycles. The van der Waals surface area contributed by atoms with Gasteiger partial charge in [0.05, 0.1) is 67.6 Å². The molecule has 2 atom stereocenters. The number of aromatic nitrogens is 10. The van der Waals surface area contributed by atoms with E-state index in [1.807, 2.05) is 46.7 Å². The molecule has 0 fully saturated rings. The molecule has 0 saturated heterocycles. The maximum absolute atomic E-state index is 12.9. The average molecular weight is 1850 g/mol. The number of aliphatic hydroxyl groups excluding tert-OH is 3. The molecule has 5 amide bonds. The van der Waals surface area contributed by atoms with Gasteiger partial charge >= 0.3 is 30.9 Å². The van der Waals surface area contributed by atoms with Gasteiger partial charge in [-0.05, 0) is 165 Å². The van der Waals surface area contributed by atoms with Gasteiger partial charge in [0.2, 0.25) is 0 Å². The van der Waals surface area contributed by atoms with Gasteiger partial charge in [-0.1, -0.05) is 27.2 Å². The standard InChI is InChI=1S/C16H20F3N3O3S.C16H20F3N3O2S.C16H20F3N3OS.C15H19F3N4OS.C15H18F3N3O2S/c1-9(23)7-22(8-10(2)24)15(25)13-5-4-12(26-13)11-6-14(16(17,18)19)21(3)20-11;1-3-4-7-22(8-9-23)15(24)13-6-5-12(25-13)11-10-14(16(17,18)19)21(2)20-11;1-4-8-22(9-5-2)15(23)13-7-6-12(24-13)11-10-14(16(17,18)19)21(3)20-11;1-21(2)8-4-7-19-14(23)12-6-5-11(24-12)10-9-13(15(16,17)18)22(3)20-10;1-3-23-8-4-7-19-14(22)12-6-5-11(24-12)10-9-13(15(16,17)18)21(2)20-10/h4-6,9-10,23-24H,7-8H2,1-3H3;5-6,10,23H,3-4,7-9H2,1-2H3;6-7,10H,4-5,8-9H2,1-3H3;5-6,9H,4,7-8H2,1-3H3,(H,19,23);5-6,9H,3-4,7-8H2,1-2H3,(H,19,22). The summed E-state index contributed by atoms with van der Waals surface area (Å²) < 4.78 is 202. The van der Waals surface area contributed by atoms with Gasteiger partial charge in [-0.2, -0.15) is 91.3 Å². The summed E-state index contributed by atoms with van der Waals surface area (Å²) in [4.78, 5) is 73.0. The Morgan fingerprint density at radius 3 is 0.927 bits per heavy atom. The largest absolute Gasteiger partial charge is 0.433 e. The van der Waals surface area contributed by atoms with Crippen molar-refractivity contribution in [1.82, 2.24) is 79.1 Å². The van der Waals surface area contributed by atoms with Crippen molar-refractivity contribution in [2.24, 2.45) is 35.2 Å². The first kappa shape index (κ1) is 102.